The second-order valence-corrected chi connectivity index (χ2v) is 10.5. The lowest BCUT2D eigenvalue weighted by Gasteiger charge is -2.48. The van der Waals surface area contributed by atoms with E-state index in [4.69, 9.17) is 0 Å². The van der Waals surface area contributed by atoms with Crippen molar-refractivity contribution in [3.63, 3.8) is 0 Å². The van der Waals surface area contributed by atoms with Gasteiger partial charge in [-0.2, -0.15) is 10.0 Å². The van der Waals surface area contributed by atoms with Gasteiger partial charge in [0.1, 0.15) is 0 Å². The van der Waals surface area contributed by atoms with Crippen molar-refractivity contribution in [3.8, 4) is 0 Å². The van der Waals surface area contributed by atoms with Crippen LogP contribution in [0.5, 0.6) is 0 Å². The molecular formula is C21H29NOS. The van der Waals surface area contributed by atoms with Crippen molar-refractivity contribution in [2.75, 3.05) is 19.1 Å². The molecule has 1 aliphatic carbocycles. The number of nitrogens with one attached hydrogen (secondary N) is 1. The van der Waals surface area contributed by atoms with Crippen molar-refractivity contribution < 1.29 is 5.11 Å². The Morgan fingerprint density at radius 1 is 1.00 bits per heavy atom. The smallest absolute Gasteiger partial charge is 0.0881 e. The Hall–Kier alpha value is -1.29. The summed E-state index contributed by atoms with van der Waals surface area (Å²) >= 11 is 0. The Kier molecular flexibility index (Phi) is 5.33. The van der Waals surface area contributed by atoms with Gasteiger partial charge in [0.05, 0.1) is 5.60 Å². The molecule has 0 saturated heterocycles. The van der Waals surface area contributed by atoms with Gasteiger partial charge in [-0.3, -0.25) is 0 Å². The van der Waals surface area contributed by atoms with Gasteiger partial charge < -0.3 is 10.4 Å². The van der Waals surface area contributed by atoms with Crippen molar-refractivity contribution in [2.45, 2.75) is 47.1 Å². The molecule has 2 N–H and O–H groups in total. The summed E-state index contributed by atoms with van der Waals surface area (Å²) in [5.74, 6) is 0.819. The van der Waals surface area contributed by atoms with Crippen LogP contribution in [0, 0.1) is 0 Å². The summed E-state index contributed by atoms with van der Waals surface area (Å²) in [6.45, 7) is 0. The molecule has 1 fully saturated rings. The summed E-state index contributed by atoms with van der Waals surface area (Å²) in [6, 6.07) is 21.7. The molecule has 0 unspecified atom stereocenters. The number of rotatable bonds is 5. The lowest BCUT2D eigenvalue weighted by atomic mass is 9.82. The Bertz CT molecular complexity index is 606. The summed E-state index contributed by atoms with van der Waals surface area (Å²) in [5.41, 5.74) is -0.636. The molecule has 1 aliphatic rings. The minimum Gasteiger partial charge on any atom is -0.387 e. The summed E-state index contributed by atoms with van der Waals surface area (Å²) in [6.07, 6.45) is 6.63. The molecule has 1 saturated carbocycles. The topological polar surface area (TPSA) is 32.3 Å². The first kappa shape index (κ1) is 17.5. The van der Waals surface area contributed by atoms with Crippen LogP contribution in [0.3, 0.4) is 0 Å². The van der Waals surface area contributed by atoms with E-state index in [1.54, 1.807) is 0 Å². The van der Waals surface area contributed by atoms with Crippen molar-refractivity contribution in [1.82, 2.24) is 5.32 Å². The quantitative estimate of drug-likeness (QED) is 0.841. The van der Waals surface area contributed by atoms with Gasteiger partial charge in [-0.15, -0.1) is 0 Å². The molecule has 0 heterocycles. The third-order valence-electron chi connectivity index (χ3n) is 5.42. The molecule has 2 aromatic carbocycles. The highest BCUT2D eigenvalue weighted by molar-refractivity contribution is 8.33. The molecule has 24 heavy (non-hydrogen) atoms. The molecule has 0 spiro atoms. The molecule has 3 rings (SSSR count). The standard InChI is InChI=1S/C21H29NOS/c1-22-20-15-9-10-16-21(20,23)17-24(2,18-11-5-3-6-12-18)19-13-7-4-8-14-19/h3-8,11-14,20,22-23H,9-10,15-17H2,1-2H3/t20-,21+/m0/s1. The molecule has 2 nitrogen and oxygen atoms in total. The minimum absolute atomic E-state index is 0.186. The fourth-order valence-corrected chi connectivity index (χ4v) is 7.52. The molecular weight excluding hydrogens is 314 g/mol. The zero-order valence-electron chi connectivity index (χ0n) is 14.7. The molecule has 3 heteroatoms. The van der Waals surface area contributed by atoms with Gasteiger partial charge in [0.2, 0.25) is 0 Å². The Morgan fingerprint density at radius 3 is 2.04 bits per heavy atom. The fourth-order valence-electron chi connectivity index (χ4n) is 4.05. The predicted octanol–water partition coefficient (Wildman–Crippen LogP) is 4.43. The first-order valence-corrected chi connectivity index (χ1v) is 11.1. The maximum atomic E-state index is 11.5. The van der Waals surface area contributed by atoms with Crippen LogP contribution in [0.15, 0.2) is 70.5 Å². The van der Waals surface area contributed by atoms with E-state index in [9.17, 15) is 5.11 Å². The minimum atomic E-state index is -1.29. The van der Waals surface area contributed by atoms with Crippen LogP contribution < -0.4 is 5.32 Å². The molecule has 0 bridgehead atoms. The summed E-state index contributed by atoms with van der Waals surface area (Å²) < 4.78 is 0. The average molecular weight is 344 g/mol. The second-order valence-electron chi connectivity index (χ2n) is 7.05. The molecule has 0 aliphatic heterocycles. The van der Waals surface area contributed by atoms with Crippen molar-refractivity contribution in [2.24, 2.45) is 0 Å². The van der Waals surface area contributed by atoms with Gasteiger partial charge in [-0.25, -0.2) is 0 Å². The highest BCUT2D eigenvalue weighted by Gasteiger charge is 2.43. The monoisotopic (exact) mass is 343 g/mol. The Morgan fingerprint density at radius 2 is 1.54 bits per heavy atom. The van der Waals surface area contributed by atoms with E-state index in [1.165, 1.54) is 16.2 Å². The first-order valence-electron chi connectivity index (χ1n) is 8.84. The highest BCUT2D eigenvalue weighted by Crippen LogP contribution is 2.62. The molecule has 2 atom stereocenters. The maximum Gasteiger partial charge on any atom is 0.0881 e. The van der Waals surface area contributed by atoms with Gasteiger partial charge >= 0.3 is 0 Å². The number of hydrogen-bond acceptors (Lipinski definition) is 2. The van der Waals surface area contributed by atoms with E-state index in [2.05, 4.69) is 72.2 Å². The third kappa shape index (κ3) is 3.39. The van der Waals surface area contributed by atoms with Crippen LogP contribution >= 0.6 is 10.0 Å². The third-order valence-corrected chi connectivity index (χ3v) is 9.12. The van der Waals surface area contributed by atoms with Crippen LogP contribution in [0.1, 0.15) is 25.7 Å². The van der Waals surface area contributed by atoms with Gasteiger partial charge in [-0.1, -0.05) is 49.2 Å². The van der Waals surface area contributed by atoms with E-state index in [0.717, 1.165) is 25.0 Å². The normalized spacial score (nSPS) is 25.4. The summed E-state index contributed by atoms with van der Waals surface area (Å²) in [7, 11) is 0.697. The largest absolute Gasteiger partial charge is 0.387 e. The molecule has 130 valence electrons. The number of aliphatic hydroxyl groups is 1. The lowest BCUT2D eigenvalue weighted by molar-refractivity contribution is -0.00343. The summed E-state index contributed by atoms with van der Waals surface area (Å²) in [5, 5.41) is 14.9. The van der Waals surface area contributed by atoms with Gasteiger partial charge in [0, 0.05) is 11.8 Å². The molecule has 0 aromatic heterocycles. The number of benzene rings is 2. The van der Waals surface area contributed by atoms with Crippen LogP contribution in [-0.4, -0.2) is 35.8 Å². The molecule has 0 amide bonds. The van der Waals surface area contributed by atoms with Gasteiger partial charge in [0.25, 0.3) is 0 Å². The van der Waals surface area contributed by atoms with Crippen LogP contribution in [0.25, 0.3) is 0 Å². The molecule has 2 aromatic rings. The SMILES string of the molecule is CN[C@H]1CCCC[C@@]1(O)CS(C)(c1ccccc1)c1ccccc1. The Labute approximate surface area is 147 Å². The van der Waals surface area contributed by atoms with E-state index in [0.29, 0.717) is 0 Å². The van der Waals surface area contributed by atoms with Gasteiger partial charge in [-0.05, 0) is 60.2 Å². The lowest BCUT2D eigenvalue weighted by Crippen LogP contribution is -2.54. The highest BCUT2D eigenvalue weighted by atomic mass is 32.3. The average Bonchev–Trinajstić information content (AvgIpc) is 2.63. The predicted molar refractivity (Wildman–Crippen MR) is 104 cm³/mol. The van der Waals surface area contributed by atoms with Crippen LogP contribution in [0.2, 0.25) is 0 Å². The fraction of sp³-hybridized carbons (Fsp3) is 0.429. The second kappa shape index (κ2) is 7.30. The zero-order valence-corrected chi connectivity index (χ0v) is 15.6. The van der Waals surface area contributed by atoms with E-state index in [1.807, 2.05) is 7.05 Å². The van der Waals surface area contributed by atoms with Crippen LogP contribution in [-0.2, 0) is 0 Å². The maximum absolute atomic E-state index is 11.5. The first-order chi connectivity index (χ1) is 11.6. The van der Waals surface area contributed by atoms with Crippen LogP contribution in [0.4, 0.5) is 0 Å². The number of hydrogen-bond donors (Lipinski definition) is 2. The molecule has 0 radical (unpaired) electrons. The van der Waals surface area contributed by atoms with E-state index >= 15 is 0 Å². The summed E-state index contributed by atoms with van der Waals surface area (Å²) in [4.78, 5) is 2.70. The number of likely N-dealkylation sites (N-methyl/N-ethyl adjacent to an activating group) is 1. The van der Waals surface area contributed by atoms with E-state index in [-0.39, 0.29) is 6.04 Å². The van der Waals surface area contributed by atoms with E-state index < -0.39 is 15.6 Å². The van der Waals surface area contributed by atoms with Crippen molar-refractivity contribution >= 4 is 10.0 Å². The Balaban J connectivity index is 2.03. The van der Waals surface area contributed by atoms with Crippen molar-refractivity contribution in [3.05, 3.63) is 60.7 Å². The van der Waals surface area contributed by atoms with Gasteiger partial charge in [0.15, 0.2) is 0 Å². The van der Waals surface area contributed by atoms with Crippen molar-refractivity contribution in [1.29, 1.82) is 0 Å². The zero-order chi connectivity index (χ0) is 17.0.